The lowest BCUT2D eigenvalue weighted by Crippen LogP contribution is -2.47. The summed E-state index contributed by atoms with van der Waals surface area (Å²) in [6.07, 6.45) is -2.39. The second kappa shape index (κ2) is 12.8. The molecule has 4 heterocycles. The quantitative estimate of drug-likeness (QED) is 0.368. The Bertz CT molecular complexity index is 1340. The van der Waals surface area contributed by atoms with E-state index >= 15 is 0 Å². The maximum Gasteiger partial charge on any atom is 0.490 e. The molecule has 228 valence electrons. The lowest BCUT2D eigenvalue weighted by Gasteiger charge is -2.44. The summed E-state index contributed by atoms with van der Waals surface area (Å²) in [5.74, 6) is -4.53. The van der Waals surface area contributed by atoms with Crippen LogP contribution in [-0.2, 0) is 21.7 Å². The van der Waals surface area contributed by atoms with E-state index in [0.717, 1.165) is 43.8 Å². The van der Waals surface area contributed by atoms with E-state index in [-0.39, 0.29) is 5.60 Å². The molecule has 1 saturated heterocycles. The zero-order valence-electron chi connectivity index (χ0n) is 22.5. The lowest BCUT2D eigenvalue weighted by atomic mass is 9.81. The number of nitrogens with zero attached hydrogens (tertiary/aromatic N) is 4. The summed E-state index contributed by atoms with van der Waals surface area (Å²) in [4.78, 5) is 24.5. The SMILES string of the molecule is CC(C)n1ncc2c1-c1ccccc1OC21CCN(Cc2cccnc2)CC1.O=C(O)C(F)(F)F.O=C(O)C(F)(F)F. The van der Waals surface area contributed by atoms with Gasteiger partial charge in [0.15, 0.2) is 0 Å². The predicted molar refractivity (Wildman–Crippen MR) is 136 cm³/mol. The van der Waals surface area contributed by atoms with Crippen LogP contribution < -0.4 is 4.74 Å². The molecule has 9 nitrogen and oxygen atoms in total. The van der Waals surface area contributed by atoms with Crippen molar-refractivity contribution in [3.05, 3.63) is 66.1 Å². The maximum atomic E-state index is 10.6. The molecule has 0 amide bonds. The van der Waals surface area contributed by atoms with Gasteiger partial charge < -0.3 is 14.9 Å². The molecule has 5 rings (SSSR count). The number of rotatable bonds is 3. The molecule has 1 aromatic carbocycles. The molecule has 2 aliphatic rings. The van der Waals surface area contributed by atoms with Crippen molar-refractivity contribution in [1.29, 1.82) is 0 Å². The average molecular weight is 603 g/mol. The van der Waals surface area contributed by atoms with Gasteiger partial charge in [0.05, 0.1) is 11.9 Å². The van der Waals surface area contributed by atoms with Crippen molar-refractivity contribution in [2.75, 3.05) is 13.1 Å². The molecule has 1 fully saturated rings. The van der Waals surface area contributed by atoms with Gasteiger partial charge in [-0.25, -0.2) is 9.59 Å². The Kier molecular flexibility index (Phi) is 9.86. The number of aromatic nitrogens is 3. The minimum atomic E-state index is -5.08. The predicted octanol–water partition coefficient (Wildman–Crippen LogP) is 5.68. The number of ether oxygens (including phenoxy) is 1. The monoisotopic (exact) mass is 602 g/mol. The molecular formula is C27H28F6N4O5. The molecule has 3 aromatic rings. The van der Waals surface area contributed by atoms with Crippen LogP contribution in [0.5, 0.6) is 5.75 Å². The highest BCUT2D eigenvalue weighted by molar-refractivity contribution is 5.74. The Balaban J connectivity index is 0.000000289. The number of halogens is 6. The first-order valence-electron chi connectivity index (χ1n) is 12.6. The van der Waals surface area contributed by atoms with Crippen molar-refractivity contribution in [1.82, 2.24) is 19.7 Å². The van der Waals surface area contributed by atoms with Gasteiger partial charge in [-0.2, -0.15) is 31.4 Å². The first-order chi connectivity index (χ1) is 19.5. The van der Waals surface area contributed by atoms with Crippen LogP contribution in [0.3, 0.4) is 0 Å². The summed E-state index contributed by atoms with van der Waals surface area (Å²) in [6, 6.07) is 12.9. The highest BCUT2D eigenvalue weighted by atomic mass is 19.4. The van der Waals surface area contributed by atoms with E-state index in [9.17, 15) is 26.3 Å². The van der Waals surface area contributed by atoms with Gasteiger partial charge >= 0.3 is 24.3 Å². The van der Waals surface area contributed by atoms with Gasteiger partial charge in [0.25, 0.3) is 0 Å². The minimum absolute atomic E-state index is 0.276. The molecular weight excluding hydrogens is 574 g/mol. The fraction of sp³-hybridized carbons (Fsp3) is 0.407. The van der Waals surface area contributed by atoms with Gasteiger partial charge in [-0.05, 0) is 37.6 Å². The number of likely N-dealkylation sites (tertiary alicyclic amines) is 1. The van der Waals surface area contributed by atoms with E-state index < -0.39 is 24.3 Å². The number of hydrogen-bond donors (Lipinski definition) is 2. The van der Waals surface area contributed by atoms with Crippen LogP contribution in [0.2, 0.25) is 0 Å². The molecule has 0 bridgehead atoms. The molecule has 0 aliphatic carbocycles. The minimum Gasteiger partial charge on any atom is -0.482 e. The summed E-state index contributed by atoms with van der Waals surface area (Å²) >= 11 is 0. The van der Waals surface area contributed by atoms with E-state index in [0.29, 0.717) is 6.04 Å². The number of para-hydroxylation sites is 1. The average Bonchev–Trinajstić information content (AvgIpc) is 3.38. The number of pyridine rings is 1. The van der Waals surface area contributed by atoms with Crippen LogP contribution in [-0.4, -0.2) is 67.3 Å². The van der Waals surface area contributed by atoms with Crippen LogP contribution >= 0.6 is 0 Å². The molecule has 1 spiro atoms. The van der Waals surface area contributed by atoms with Crippen molar-refractivity contribution in [3.63, 3.8) is 0 Å². The number of carboxylic acids is 2. The zero-order chi connectivity index (χ0) is 31.3. The first kappa shape index (κ1) is 32.4. The molecule has 42 heavy (non-hydrogen) atoms. The van der Waals surface area contributed by atoms with Gasteiger partial charge in [0, 0.05) is 62.0 Å². The number of benzene rings is 1. The molecule has 2 aromatic heterocycles. The van der Waals surface area contributed by atoms with Crippen LogP contribution in [0.15, 0.2) is 55.0 Å². The van der Waals surface area contributed by atoms with Crippen molar-refractivity contribution >= 4 is 11.9 Å². The molecule has 2 aliphatic heterocycles. The topological polar surface area (TPSA) is 118 Å². The Morgan fingerprint density at radius 2 is 1.52 bits per heavy atom. The summed E-state index contributed by atoms with van der Waals surface area (Å²) in [7, 11) is 0. The standard InChI is InChI=1S/C23H26N4O.2C2HF3O2/c1-17(2)27-22-19-7-3-4-8-21(19)28-23(20(22)15-25-27)9-12-26(13-10-23)16-18-6-5-11-24-14-18;2*3-2(4,5)1(6)7/h3-8,11,14-15,17H,9-10,12-13,16H2,1-2H3;2*(H,6,7). The van der Waals surface area contributed by atoms with E-state index in [2.05, 4.69) is 58.7 Å². The number of aliphatic carboxylic acids is 2. The Morgan fingerprint density at radius 1 is 0.952 bits per heavy atom. The van der Waals surface area contributed by atoms with Gasteiger partial charge in [-0.15, -0.1) is 0 Å². The fourth-order valence-corrected chi connectivity index (χ4v) is 4.57. The highest BCUT2D eigenvalue weighted by Gasteiger charge is 2.45. The van der Waals surface area contributed by atoms with Gasteiger partial charge in [-0.3, -0.25) is 14.6 Å². The third-order valence-electron chi connectivity index (χ3n) is 6.50. The summed E-state index contributed by atoms with van der Waals surface area (Å²) in [5, 5.41) is 19.0. The van der Waals surface area contributed by atoms with E-state index in [1.807, 2.05) is 24.7 Å². The largest absolute Gasteiger partial charge is 0.490 e. The smallest absolute Gasteiger partial charge is 0.482 e. The van der Waals surface area contributed by atoms with Gasteiger partial charge in [0.2, 0.25) is 0 Å². The van der Waals surface area contributed by atoms with Crippen LogP contribution in [0, 0.1) is 0 Å². The third-order valence-corrected chi connectivity index (χ3v) is 6.50. The van der Waals surface area contributed by atoms with Crippen LogP contribution in [0.4, 0.5) is 26.3 Å². The Morgan fingerprint density at radius 3 is 2.02 bits per heavy atom. The second-order valence-electron chi connectivity index (χ2n) is 9.78. The van der Waals surface area contributed by atoms with E-state index in [1.165, 1.54) is 16.8 Å². The van der Waals surface area contributed by atoms with Crippen molar-refractivity contribution in [2.24, 2.45) is 0 Å². The molecule has 15 heteroatoms. The molecule has 2 N–H and O–H groups in total. The summed E-state index contributed by atoms with van der Waals surface area (Å²) in [5.41, 5.74) is 4.63. The maximum absolute atomic E-state index is 10.6. The van der Waals surface area contributed by atoms with Crippen LogP contribution in [0.25, 0.3) is 11.3 Å². The number of piperidine rings is 1. The third kappa shape index (κ3) is 7.78. The lowest BCUT2D eigenvalue weighted by molar-refractivity contribution is -0.193. The number of carboxylic acid groups (broad SMARTS) is 2. The molecule has 0 atom stereocenters. The van der Waals surface area contributed by atoms with Crippen molar-refractivity contribution in [3.8, 4) is 17.0 Å². The van der Waals surface area contributed by atoms with Gasteiger partial charge in [-0.1, -0.05) is 18.2 Å². The number of hydrogen-bond acceptors (Lipinski definition) is 6. The molecule has 0 unspecified atom stereocenters. The normalized spacial score (nSPS) is 15.7. The van der Waals surface area contributed by atoms with Crippen molar-refractivity contribution in [2.45, 2.75) is 57.2 Å². The molecule has 0 saturated carbocycles. The first-order valence-corrected chi connectivity index (χ1v) is 12.6. The summed E-state index contributed by atoms with van der Waals surface area (Å²) < 4.78 is 72.3. The fourth-order valence-electron chi connectivity index (χ4n) is 4.57. The van der Waals surface area contributed by atoms with Crippen LogP contribution in [0.1, 0.15) is 43.9 Å². The van der Waals surface area contributed by atoms with Crippen molar-refractivity contribution < 1.29 is 50.9 Å². The van der Waals surface area contributed by atoms with E-state index in [4.69, 9.17) is 29.6 Å². The number of alkyl halides is 6. The Hall–Kier alpha value is -4.14. The van der Waals surface area contributed by atoms with E-state index in [1.54, 1.807) is 0 Å². The summed E-state index contributed by atoms with van der Waals surface area (Å²) in [6.45, 7) is 7.33. The second-order valence-corrected chi connectivity index (χ2v) is 9.78. The number of fused-ring (bicyclic) bond motifs is 4. The van der Waals surface area contributed by atoms with Gasteiger partial charge in [0.1, 0.15) is 11.4 Å². The molecule has 0 radical (unpaired) electrons. The Labute approximate surface area is 236 Å². The zero-order valence-corrected chi connectivity index (χ0v) is 22.5. The number of carbonyl (C=O) groups is 2. The highest BCUT2D eigenvalue weighted by Crippen LogP contribution is 2.50.